The van der Waals surface area contributed by atoms with Crippen molar-refractivity contribution in [2.75, 3.05) is 13.7 Å². The van der Waals surface area contributed by atoms with E-state index < -0.39 is 40.8 Å². The van der Waals surface area contributed by atoms with E-state index in [1.54, 1.807) is 30.1 Å². The molecule has 0 amide bonds. The van der Waals surface area contributed by atoms with Crippen LogP contribution in [-0.2, 0) is 16.1 Å². The second-order valence-electron chi connectivity index (χ2n) is 9.74. The number of rotatable bonds is 10. The number of halogens is 1. The van der Waals surface area contributed by atoms with Crippen LogP contribution in [0.2, 0.25) is 0 Å². The van der Waals surface area contributed by atoms with Gasteiger partial charge < -0.3 is 19.7 Å². The Morgan fingerprint density at radius 2 is 2.00 bits per heavy atom. The number of aryl methyl sites for hydroxylation is 1. The van der Waals surface area contributed by atoms with E-state index >= 15 is 0 Å². The van der Waals surface area contributed by atoms with E-state index in [2.05, 4.69) is 5.10 Å². The van der Waals surface area contributed by atoms with Crippen molar-refractivity contribution >= 4 is 27.5 Å². The van der Waals surface area contributed by atoms with Gasteiger partial charge in [-0.2, -0.15) is 5.10 Å². The highest BCUT2D eigenvalue weighted by atomic mass is 32.1. The van der Waals surface area contributed by atoms with Crippen LogP contribution in [0.4, 0.5) is 4.39 Å². The summed E-state index contributed by atoms with van der Waals surface area (Å²) >= 11 is 1.13. The smallest absolute Gasteiger partial charge is 0.333 e. The summed E-state index contributed by atoms with van der Waals surface area (Å²) < 4.78 is 29.3. The van der Waals surface area contributed by atoms with Crippen molar-refractivity contribution in [1.29, 1.82) is 0 Å². The Kier molecular flexibility index (Phi) is 7.77. The van der Waals surface area contributed by atoms with Crippen LogP contribution in [0.25, 0.3) is 15.2 Å². The van der Waals surface area contributed by atoms with E-state index in [1.165, 1.54) is 50.6 Å². The first-order chi connectivity index (χ1) is 18.3. The van der Waals surface area contributed by atoms with Gasteiger partial charge in [-0.15, -0.1) is 0 Å². The van der Waals surface area contributed by atoms with Gasteiger partial charge in [0.1, 0.15) is 33.5 Å². The molecule has 0 bridgehead atoms. The van der Waals surface area contributed by atoms with Crippen LogP contribution in [-0.4, -0.2) is 54.4 Å². The maximum absolute atomic E-state index is 14.4. The number of carbonyl (C=O) groups is 1. The van der Waals surface area contributed by atoms with Gasteiger partial charge >= 0.3 is 11.7 Å². The number of hydrogen-bond donors (Lipinski definition) is 2. The van der Waals surface area contributed by atoms with Crippen LogP contribution in [0.15, 0.2) is 46.2 Å². The number of fused-ring (bicyclic) bond motifs is 1. The Bertz CT molecular complexity index is 1630. The Morgan fingerprint density at radius 1 is 1.28 bits per heavy atom. The van der Waals surface area contributed by atoms with Crippen LogP contribution in [0, 0.1) is 12.7 Å². The number of methoxy groups -OCH3 is 1. The van der Waals surface area contributed by atoms with E-state index in [9.17, 15) is 29.0 Å². The normalized spacial score (nSPS) is 13.5. The minimum absolute atomic E-state index is 0.158. The van der Waals surface area contributed by atoms with E-state index in [-0.39, 0.29) is 34.7 Å². The maximum Gasteiger partial charge on any atom is 0.333 e. The minimum atomic E-state index is -1.47. The summed E-state index contributed by atoms with van der Waals surface area (Å²) in [5.74, 6) is -1.65. The molecule has 0 saturated carbocycles. The molecule has 2 atom stereocenters. The van der Waals surface area contributed by atoms with Crippen molar-refractivity contribution in [3.63, 3.8) is 0 Å². The first-order valence-corrected chi connectivity index (χ1v) is 12.8. The second-order valence-corrected chi connectivity index (χ2v) is 10.7. The highest BCUT2D eigenvalue weighted by molar-refractivity contribution is 7.21. The standard InChI is InChI=1S/C26H29FN4O7S/c1-14-20-21(32)31(15(2)24(33)34)25(35)29(23(20)39-22(14)30-10-6-9-28-30)12-19(38-13-26(3,4)36)17-11-16(27)7-8-18(17)37-5/h6-11,15,19,36H,12-13H2,1-5H3,(H,33,34)/t15?,19-/m0/s1. The van der Waals surface area contributed by atoms with Gasteiger partial charge in [0.2, 0.25) is 0 Å². The quantitative estimate of drug-likeness (QED) is 0.302. The first kappa shape index (κ1) is 28.2. The van der Waals surface area contributed by atoms with Gasteiger partial charge in [-0.05, 0) is 52.0 Å². The highest BCUT2D eigenvalue weighted by Gasteiger charge is 2.29. The van der Waals surface area contributed by atoms with Crippen LogP contribution in [0.3, 0.4) is 0 Å². The van der Waals surface area contributed by atoms with Gasteiger partial charge in [0.25, 0.3) is 5.56 Å². The fourth-order valence-electron chi connectivity index (χ4n) is 4.24. The summed E-state index contributed by atoms with van der Waals surface area (Å²) in [5, 5.41) is 25.0. The Hall–Kier alpha value is -3.81. The van der Waals surface area contributed by atoms with E-state index in [0.717, 1.165) is 11.3 Å². The summed E-state index contributed by atoms with van der Waals surface area (Å²) in [6.45, 7) is 5.59. The van der Waals surface area contributed by atoms with Gasteiger partial charge in [-0.3, -0.25) is 9.36 Å². The number of hydrogen-bond acceptors (Lipinski definition) is 8. The van der Waals surface area contributed by atoms with Crippen LogP contribution in [0.1, 0.15) is 44.0 Å². The monoisotopic (exact) mass is 560 g/mol. The van der Waals surface area contributed by atoms with E-state index in [0.29, 0.717) is 15.1 Å². The number of ether oxygens (including phenoxy) is 2. The molecule has 4 aromatic rings. The lowest BCUT2D eigenvalue weighted by atomic mass is 10.1. The van der Waals surface area contributed by atoms with Crippen molar-refractivity contribution < 1.29 is 28.9 Å². The van der Waals surface area contributed by atoms with Gasteiger partial charge in [-0.25, -0.2) is 23.2 Å². The molecule has 1 aromatic carbocycles. The number of carboxylic acids is 1. The van der Waals surface area contributed by atoms with Crippen LogP contribution < -0.4 is 16.0 Å². The predicted molar refractivity (Wildman–Crippen MR) is 142 cm³/mol. The molecule has 208 valence electrons. The number of nitrogens with zero attached hydrogens (tertiary/aromatic N) is 4. The fourth-order valence-corrected chi connectivity index (χ4v) is 5.49. The lowest BCUT2D eigenvalue weighted by molar-refractivity contribution is -0.140. The molecule has 11 nitrogen and oxygen atoms in total. The molecule has 0 spiro atoms. The van der Waals surface area contributed by atoms with Crippen molar-refractivity contribution in [1.82, 2.24) is 18.9 Å². The number of aromatic nitrogens is 4. The Morgan fingerprint density at radius 3 is 2.59 bits per heavy atom. The molecule has 39 heavy (non-hydrogen) atoms. The summed E-state index contributed by atoms with van der Waals surface area (Å²) in [4.78, 5) is 39.5. The lowest BCUT2D eigenvalue weighted by Gasteiger charge is -2.26. The SMILES string of the molecule is COc1ccc(F)cc1[C@H](Cn1c(=O)n(C(C)C(=O)O)c(=O)c2c(C)c(-n3cccn3)sc21)OCC(C)(C)O. The molecule has 0 aliphatic carbocycles. The first-order valence-electron chi connectivity index (χ1n) is 12.0. The average Bonchev–Trinajstić information content (AvgIpc) is 3.51. The van der Waals surface area contributed by atoms with Crippen LogP contribution in [0.5, 0.6) is 5.75 Å². The zero-order chi connectivity index (χ0) is 28.6. The maximum atomic E-state index is 14.4. The van der Waals surface area contributed by atoms with Gasteiger partial charge in [0.05, 0.1) is 31.2 Å². The topological polar surface area (TPSA) is 138 Å². The van der Waals surface area contributed by atoms with Crippen LogP contribution >= 0.6 is 11.3 Å². The third-order valence-corrected chi connectivity index (χ3v) is 7.50. The number of aliphatic hydroxyl groups is 1. The van der Waals surface area contributed by atoms with Gasteiger partial charge in [0, 0.05) is 23.5 Å². The van der Waals surface area contributed by atoms with Crippen molar-refractivity contribution in [2.24, 2.45) is 0 Å². The largest absolute Gasteiger partial charge is 0.496 e. The van der Waals surface area contributed by atoms with Gasteiger partial charge in [0.15, 0.2) is 0 Å². The number of thiophene rings is 1. The van der Waals surface area contributed by atoms with E-state index in [4.69, 9.17) is 9.47 Å². The molecule has 3 heterocycles. The number of benzene rings is 1. The molecule has 0 aliphatic heterocycles. The van der Waals surface area contributed by atoms with Crippen molar-refractivity contribution in [3.8, 4) is 10.8 Å². The summed E-state index contributed by atoms with van der Waals surface area (Å²) in [6.07, 6.45) is 2.23. The molecule has 0 fully saturated rings. The number of carboxylic acid groups (broad SMARTS) is 1. The molecular weight excluding hydrogens is 531 g/mol. The third kappa shape index (κ3) is 5.51. The van der Waals surface area contributed by atoms with Gasteiger partial charge in [-0.1, -0.05) is 11.3 Å². The van der Waals surface area contributed by atoms with Crippen molar-refractivity contribution in [3.05, 3.63) is 74.4 Å². The molecule has 4 rings (SSSR count). The molecule has 0 saturated heterocycles. The Balaban J connectivity index is 2.01. The molecule has 13 heteroatoms. The summed E-state index contributed by atoms with van der Waals surface area (Å²) in [6, 6.07) is 4.09. The fraction of sp³-hybridized carbons (Fsp3) is 0.385. The zero-order valence-corrected chi connectivity index (χ0v) is 22.9. The summed E-state index contributed by atoms with van der Waals surface area (Å²) in [7, 11) is 1.40. The Labute approximate surface area is 226 Å². The molecule has 0 radical (unpaired) electrons. The molecule has 2 N–H and O–H groups in total. The molecular formula is C26H29FN4O7S. The van der Waals surface area contributed by atoms with E-state index in [1.807, 2.05) is 0 Å². The second kappa shape index (κ2) is 10.8. The summed E-state index contributed by atoms with van der Waals surface area (Å²) in [5.41, 5.74) is -2.09. The predicted octanol–water partition coefficient (Wildman–Crippen LogP) is 3.04. The minimum Gasteiger partial charge on any atom is -0.496 e. The van der Waals surface area contributed by atoms with Crippen molar-refractivity contribution in [2.45, 2.75) is 52.0 Å². The average molecular weight is 561 g/mol. The molecule has 0 aliphatic rings. The zero-order valence-electron chi connectivity index (χ0n) is 22.0. The molecule has 1 unspecified atom stereocenters. The molecule has 3 aromatic heterocycles. The highest BCUT2D eigenvalue weighted by Crippen LogP contribution is 2.34. The third-order valence-electron chi connectivity index (χ3n) is 6.20. The lowest BCUT2D eigenvalue weighted by Crippen LogP contribution is -2.44. The number of aliphatic carboxylic acids is 1.